The smallest absolute Gasteiger partial charge is 0.258 e. The van der Waals surface area contributed by atoms with Gasteiger partial charge in [-0.15, -0.1) is 11.8 Å². The summed E-state index contributed by atoms with van der Waals surface area (Å²) < 4.78 is 11.5. The molecule has 0 radical (unpaired) electrons. The molecule has 1 aliphatic rings. The Kier molecular flexibility index (Phi) is 7.90. The van der Waals surface area contributed by atoms with Crippen LogP contribution in [-0.2, 0) is 0 Å². The minimum atomic E-state index is -0.201. The van der Waals surface area contributed by atoms with E-state index in [-0.39, 0.29) is 6.04 Å². The molecule has 2 aromatic carbocycles. The largest absolute Gasteiger partial charge is 0.494 e. The van der Waals surface area contributed by atoms with Crippen molar-refractivity contribution in [2.24, 2.45) is 0 Å². The molecule has 0 spiro atoms. The first kappa shape index (κ1) is 24.3. The first-order valence-electron chi connectivity index (χ1n) is 11.6. The molecule has 1 atom stereocenters. The second kappa shape index (κ2) is 11.1. The Morgan fingerprint density at radius 1 is 1.12 bits per heavy atom. The summed E-state index contributed by atoms with van der Waals surface area (Å²) in [4.78, 5) is 8.12. The van der Waals surface area contributed by atoms with Crippen molar-refractivity contribution < 1.29 is 9.26 Å². The van der Waals surface area contributed by atoms with Gasteiger partial charge in [0.1, 0.15) is 5.75 Å². The molecule has 1 aliphatic heterocycles. The molecular weight excluding hydrogens is 464 g/mol. The highest BCUT2D eigenvalue weighted by atomic mass is 32.2. The predicted molar refractivity (Wildman–Crippen MR) is 142 cm³/mol. The zero-order valence-corrected chi connectivity index (χ0v) is 21.6. The van der Waals surface area contributed by atoms with E-state index in [9.17, 15) is 0 Å². The van der Waals surface area contributed by atoms with Gasteiger partial charge in [0.2, 0.25) is 5.82 Å². The number of thioether (sulfide) groups is 1. The van der Waals surface area contributed by atoms with E-state index in [1.165, 1.54) is 4.90 Å². The molecule has 1 unspecified atom stereocenters. The van der Waals surface area contributed by atoms with Crippen LogP contribution in [0.2, 0.25) is 0 Å². The van der Waals surface area contributed by atoms with Gasteiger partial charge in [-0.2, -0.15) is 4.98 Å². The van der Waals surface area contributed by atoms with Crippen molar-refractivity contribution in [1.29, 1.82) is 0 Å². The Bertz CT molecular complexity index is 1160. The van der Waals surface area contributed by atoms with Gasteiger partial charge in [0, 0.05) is 22.7 Å². The number of rotatable bonds is 9. The van der Waals surface area contributed by atoms with E-state index in [0.29, 0.717) is 23.4 Å². The van der Waals surface area contributed by atoms with Gasteiger partial charge in [-0.3, -0.25) is 0 Å². The summed E-state index contributed by atoms with van der Waals surface area (Å²) in [5.74, 6) is 1.91. The van der Waals surface area contributed by atoms with Crippen LogP contribution in [-0.4, -0.2) is 39.6 Å². The fraction of sp³-hybridized carbons (Fsp3) is 0.346. The standard InChI is InChI=1S/C26H30N4O2S2/c1-5-7-16-30-17(3)22(23(27-26(30)33)18-8-12-20(13-9-18)31-6-2)25-28-24(29-32-25)19-10-14-21(34-4)15-11-19/h8-15,23H,5-7,16H2,1-4H3,(H,27,33). The normalized spacial score (nSPS) is 16.1. The van der Waals surface area contributed by atoms with Crippen molar-refractivity contribution in [3.05, 3.63) is 65.7 Å². The van der Waals surface area contributed by atoms with Gasteiger partial charge in [-0.1, -0.05) is 30.6 Å². The van der Waals surface area contributed by atoms with Crippen LogP contribution in [0.4, 0.5) is 0 Å². The first-order valence-corrected chi connectivity index (χ1v) is 13.2. The van der Waals surface area contributed by atoms with Crippen LogP contribution in [0.5, 0.6) is 5.75 Å². The molecule has 8 heteroatoms. The predicted octanol–water partition coefficient (Wildman–Crippen LogP) is 6.32. The molecule has 178 valence electrons. The van der Waals surface area contributed by atoms with Crippen LogP contribution in [0.3, 0.4) is 0 Å². The van der Waals surface area contributed by atoms with Crippen molar-refractivity contribution >= 4 is 34.7 Å². The van der Waals surface area contributed by atoms with Crippen LogP contribution in [0.15, 0.2) is 63.6 Å². The molecule has 3 aromatic rings. The highest BCUT2D eigenvalue weighted by Crippen LogP contribution is 2.38. The van der Waals surface area contributed by atoms with Crippen LogP contribution >= 0.6 is 24.0 Å². The van der Waals surface area contributed by atoms with E-state index < -0.39 is 0 Å². The molecule has 1 aromatic heterocycles. The molecule has 6 nitrogen and oxygen atoms in total. The average Bonchev–Trinajstić information content (AvgIpc) is 3.34. The van der Waals surface area contributed by atoms with E-state index in [1.807, 2.05) is 31.2 Å². The number of aromatic nitrogens is 2. The number of nitrogens with one attached hydrogen (secondary N) is 1. The first-order chi connectivity index (χ1) is 16.5. The van der Waals surface area contributed by atoms with E-state index in [0.717, 1.165) is 47.5 Å². The number of allylic oxidation sites excluding steroid dienone is 1. The molecule has 1 N–H and O–H groups in total. The van der Waals surface area contributed by atoms with Crippen molar-refractivity contribution in [2.45, 2.75) is 44.6 Å². The Morgan fingerprint density at radius 2 is 1.85 bits per heavy atom. The van der Waals surface area contributed by atoms with Crippen molar-refractivity contribution in [2.75, 3.05) is 19.4 Å². The summed E-state index contributed by atoms with van der Waals surface area (Å²) >= 11 is 7.46. The molecule has 4 rings (SSSR count). The summed E-state index contributed by atoms with van der Waals surface area (Å²) in [6.45, 7) is 7.70. The summed E-state index contributed by atoms with van der Waals surface area (Å²) in [5.41, 5.74) is 3.95. The molecule has 2 heterocycles. The number of hydrogen-bond acceptors (Lipinski definition) is 6. The molecule has 0 fully saturated rings. The van der Waals surface area contributed by atoms with Crippen molar-refractivity contribution in [3.63, 3.8) is 0 Å². The number of nitrogens with zero attached hydrogens (tertiary/aromatic N) is 3. The van der Waals surface area contributed by atoms with Gasteiger partial charge in [0.15, 0.2) is 5.11 Å². The quantitative estimate of drug-likeness (QED) is 0.274. The topological polar surface area (TPSA) is 63.4 Å². The average molecular weight is 495 g/mol. The number of thiocarbonyl (C=S) groups is 1. The molecular formula is C26H30N4O2S2. The number of benzene rings is 2. The molecule has 0 saturated heterocycles. The third-order valence-corrected chi connectivity index (χ3v) is 6.94. The Balaban J connectivity index is 1.74. The maximum absolute atomic E-state index is 5.83. The van der Waals surface area contributed by atoms with Crippen molar-refractivity contribution in [1.82, 2.24) is 20.4 Å². The number of hydrogen-bond donors (Lipinski definition) is 1. The third kappa shape index (κ3) is 5.13. The van der Waals surface area contributed by atoms with E-state index in [4.69, 9.17) is 26.5 Å². The van der Waals surface area contributed by atoms with Crippen LogP contribution in [0, 0.1) is 0 Å². The molecule has 0 bridgehead atoms. The van der Waals surface area contributed by atoms with Gasteiger partial charge in [-0.05, 0) is 80.7 Å². The zero-order valence-electron chi connectivity index (χ0n) is 20.0. The minimum absolute atomic E-state index is 0.201. The SMILES string of the molecule is CCCCN1C(=S)NC(c2ccc(OCC)cc2)C(c2nc(-c3ccc(SC)cc3)no2)=C1C. The lowest BCUT2D eigenvalue weighted by Crippen LogP contribution is -2.46. The lowest BCUT2D eigenvalue weighted by molar-refractivity contribution is 0.340. The van der Waals surface area contributed by atoms with E-state index in [1.54, 1.807) is 11.8 Å². The van der Waals surface area contributed by atoms with Crippen molar-refractivity contribution in [3.8, 4) is 17.1 Å². The van der Waals surface area contributed by atoms with Gasteiger partial charge in [0.25, 0.3) is 5.89 Å². The summed E-state index contributed by atoms with van der Waals surface area (Å²) in [7, 11) is 0. The summed E-state index contributed by atoms with van der Waals surface area (Å²) in [6, 6.07) is 16.0. The number of unbranched alkanes of at least 4 members (excludes halogenated alkanes) is 1. The molecule has 0 amide bonds. The monoisotopic (exact) mass is 494 g/mol. The Hall–Kier alpha value is -2.84. The van der Waals surface area contributed by atoms with Gasteiger partial charge in [-0.25, -0.2) is 0 Å². The highest BCUT2D eigenvalue weighted by molar-refractivity contribution is 7.98. The highest BCUT2D eigenvalue weighted by Gasteiger charge is 2.33. The Labute approximate surface area is 210 Å². The van der Waals surface area contributed by atoms with Gasteiger partial charge in [0.05, 0.1) is 18.2 Å². The van der Waals surface area contributed by atoms with Crippen LogP contribution in [0.25, 0.3) is 17.0 Å². The molecule has 0 aliphatic carbocycles. The fourth-order valence-electron chi connectivity index (χ4n) is 4.01. The minimum Gasteiger partial charge on any atom is -0.494 e. The lowest BCUT2D eigenvalue weighted by Gasteiger charge is -2.37. The fourth-order valence-corrected chi connectivity index (χ4v) is 4.76. The maximum atomic E-state index is 5.83. The van der Waals surface area contributed by atoms with Crippen LogP contribution in [0.1, 0.15) is 51.1 Å². The lowest BCUT2D eigenvalue weighted by atomic mass is 9.94. The van der Waals surface area contributed by atoms with Gasteiger partial charge >= 0.3 is 0 Å². The second-order valence-electron chi connectivity index (χ2n) is 8.04. The molecule has 0 saturated carbocycles. The molecule has 34 heavy (non-hydrogen) atoms. The number of ether oxygens (including phenoxy) is 1. The van der Waals surface area contributed by atoms with E-state index >= 15 is 0 Å². The van der Waals surface area contributed by atoms with Gasteiger partial charge < -0.3 is 19.5 Å². The zero-order chi connectivity index (χ0) is 24.1. The van der Waals surface area contributed by atoms with Crippen LogP contribution < -0.4 is 10.1 Å². The summed E-state index contributed by atoms with van der Waals surface area (Å²) in [5, 5.41) is 8.52. The third-order valence-electron chi connectivity index (χ3n) is 5.86. The summed E-state index contributed by atoms with van der Waals surface area (Å²) in [6.07, 6.45) is 4.18. The van der Waals surface area contributed by atoms with E-state index in [2.05, 4.69) is 59.7 Å². The Morgan fingerprint density at radius 3 is 2.50 bits per heavy atom. The second-order valence-corrected chi connectivity index (χ2v) is 9.31. The maximum Gasteiger partial charge on any atom is 0.258 e.